The van der Waals surface area contributed by atoms with Gasteiger partial charge in [-0.1, -0.05) is 97.9 Å². The van der Waals surface area contributed by atoms with Crippen LogP contribution in [-0.2, 0) is 13.0 Å². The highest BCUT2D eigenvalue weighted by molar-refractivity contribution is 5.63. The van der Waals surface area contributed by atoms with Crippen LogP contribution in [-0.4, -0.2) is 0 Å². The second kappa shape index (κ2) is 8.89. The van der Waals surface area contributed by atoms with Gasteiger partial charge in [-0.3, -0.25) is 0 Å². The van der Waals surface area contributed by atoms with Crippen molar-refractivity contribution in [2.24, 2.45) is 0 Å². The van der Waals surface area contributed by atoms with Crippen LogP contribution in [0.2, 0.25) is 0 Å². The Bertz CT molecular complexity index is 787. The zero-order chi connectivity index (χ0) is 17.3. The zero-order valence-corrected chi connectivity index (χ0v) is 14.8. The van der Waals surface area contributed by atoms with Gasteiger partial charge in [0.1, 0.15) is 0 Å². The quantitative estimate of drug-likeness (QED) is 0.563. The number of hydrogen-bond donors (Lipinski definition) is 1. The van der Waals surface area contributed by atoms with Gasteiger partial charge in [-0.2, -0.15) is 0 Å². The molecule has 0 radical (unpaired) electrons. The highest BCUT2D eigenvalue weighted by atomic mass is 14.9. The van der Waals surface area contributed by atoms with Crippen LogP contribution in [0, 0.1) is 0 Å². The van der Waals surface area contributed by atoms with E-state index < -0.39 is 0 Å². The normalized spacial score (nSPS) is 11.3. The molecule has 0 bridgehead atoms. The first-order valence-electron chi connectivity index (χ1n) is 8.96. The minimum Gasteiger partial charge on any atom is -0.385 e. The fraction of sp³-hybridized carbons (Fsp3) is 0.167. The van der Waals surface area contributed by atoms with Crippen molar-refractivity contribution >= 4 is 0 Å². The Morgan fingerprint density at radius 1 is 0.720 bits per heavy atom. The molecule has 1 N–H and O–H groups in total. The molecule has 3 aromatic rings. The third kappa shape index (κ3) is 5.09. The van der Waals surface area contributed by atoms with Gasteiger partial charge in [-0.25, -0.2) is 0 Å². The van der Waals surface area contributed by atoms with Crippen molar-refractivity contribution in [3.8, 4) is 11.1 Å². The van der Waals surface area contributed by atoms with Crippen LogP contribution in [0.4, 0.5) is 0 Å². The standard InChI is InChI=1S/C24H25N/c1-2-24(25-19-21-9-5-3-6-10-21)18-15-20-13-16-23(17-14-20)22-11-7-4-8-12-22/h3-14,16-18,25H,2,15,19H2,1H3/b24-18-. The SMILES string of the molecule is CC/C(=C/Cc1ccc(-c2ccccc2)cc1)NCc1ccccc1. The smallest absolute Gasteiger partial charge is 0.0397 e. The van der Waals surface area contributed by atoms with Gasteiger partial charge in [0.05, 0.1) is 0 Å². The van der Waals surface area contributed by atoms with Crippen LogP contribution in [0.3, 0.4) is 0 Å². The molecule has 0 fully saturated rings. The highest BCUT2D eigenvalue weighted by Gasteiger charge is 1.99. The van der Waals surface area contributed by atoms with E-state index in [0.29, 0.717) is 0 Å². The molecule has 0 amide bonds. The minimum absolute atomic E-state index is 0.882. The van der Waals surface area contributed by atoms with E-state index in [1.165, 1.54) is 28.0 Å². The van der Waals surface area contributed by atoms with Crippen molar-refractivity contribution in [3.05, 3.63) is 108 Å². The molecule has 0 saturated carbocycles. The van der Waals surface area contributed by atoms with Crippen LogP contribution < -0.4 is 5.32 Å². The molecule has 1 nitrogen and oxygen atoms in total. The van der Waals surface area contributed by atoms with E-state index in [1.54, 1.807) is 0 Å². The van der Waals surface area contributed by atoms with Crippen LogP contribution in [0.1, 0.15) is 24.5 Å². The molecule has 0 aromatic heterocycles. The van der Waals surface area contributed by atoms with E-state index in [0.717, 1.165) is 19.4 Å². The van der Waals surface area contributed by atoms with Crippen molar-refractivity contribution in [2.45, 2.75) is 26.3 Å². The lowest BCUT2D eigenvalue weighted by atomic mass is 10.0. The third-order valence-corrected chi connectivity index (χ3v) is 4.39. The number of allylic oxidation sites excluding steroid dienone is 2. The second-order valence-corrected chi connectivity index (χ2v) is 6.19. The second-order valence-electron chi connectivity index (χ2n) is 6.19. The average molecular weight is 327 g/mol. The number of hydrogen-bond acceptors (Lipinski definition) is 1. The Kier molecular flexibility index (Phi) is 6.06. The molecule has 0 heterocycles. The van der Waals surface area contributed by atoms with Gasteiger partial charge >= 0.3 is 0 Å². The molecular weight excluding hydrogens is 302 g/mol. The predicted molar refractivity (Wildman–Crippen MR) is 107 cm³/mol. The third-order valence-electron chi connectivity index (χ3n) is 4.39. The summed E-state index contributed by atoms with van der Waals surface area (Å²) in [6, 6.07) is 29.9. The van der Waals surface area contributed by atoms with Crippen LogP contribution in [0.5, 0.6) is 0 Å². The summed E-state index contributed by atoms with van der Waals surface area (Å²) in [6.45, 7) is 3.08. The molecule has 0 aliphatic carbocycles. The van der Waals surface area contributed by atoms with Gasteiger partial charge in [0, 0.05) is 12.2 Å². The monoisotopic (exact) mass is 327 g/mol. The maximum atomic E-state index is 3.55. The first-order valence-corrected chi connectivity index (χ1v) is 8.96. The molecule has 25 heavy (non-hydrogen) atoms. The fourth-order valence-corrected chi connectivity index (χ4v) is 2.86. The van der Waals surface area contributed by atoms with Crippen molar-refractivity contribution < 1.29 is 0 Å². The highest BCUT2D eigenvalue weighted by Crippen LogP contribution is 2.19. The topological polar surface area (TPSA) is 12.0 Å². The summed E-state index contributed by atoms with van der Waals surface area (Å²) in [5, 5.41) is 3.55. The minimum atomic E-state index is 0.882. The maximum Gasteiger partial charge on any atom is 0.0397 e. The van der Waals surface area contributed by atoms with Gasteiger partial charge in [-0.05, 0) is 35.1 Å². The first-order chi connectivity index (χ1) is 12.3. The van der Waals surface area contributed by atoms with Crippen molar-refractivity contribution in [1.29, 1.82) is 0 Å². The molecule has 126 valence electrons. The van der Waals surface area contributed by atoms with Gasteiger partial charge in [0.25, 0.3) is 0 Å². The Morgan fingerprint density at radius 2 is 1.32 bits per heavy atom. The van der Waals surface area contributed by atoms with Gasteiger partial charge in [0.15, 0.2) is 0 Å². The molecule has 0 atom stereocenters. The number of benzene rings is 3. The van der Waals surface area contributed by atoms with E-state index in [1.807, 2.05) is 0 Å². The Balaban J connectivity index is 1.59. The van der Waals surface area contributed by atoms with Gasteiger partial charge in [0.2, 0.25) is 0 Å². The van der Waals surface area contributed by atoms with Gasteiger partial charge in [-0.15, -0.1) is 0 Å². The summed E-state index contributed by atoms with van der Waals surface area (Å²) in [5.41, 5.74) is 6.49. The summed E-state index contributed by atoms with van der Waals surface area (Å²) in [5.74, 6) is 0. The van der Waals surface area contributed by atoms with Crippen LogP contribution >= 0.6 is 0 Å². The molecule has 0 aliphatic heterocycles. The van der Waals surface area contributed by atoms with Crippen molar-refractivity contribution in [2.75, 3.05) is 0 Å². The Morgan fingerprint density at radius 3 is 1.96 bits per heavy atom. The van der Waals surface area contributed by atoms with Crippen molar-refractivity contribution in [3.63, 3.8) is 0 Å². The molecule has 0 unspecified atom stereocenters. The average Bonchev–Trinajstić information content (AvgIpc) is 2.70. The number of rotatable bonds is 7. The van der Waals surface area contributed by atoms with Gasteiger partial charge < -0.3 is 5.32 Å². The Hall–Kier alpha value is -2.80. The lowest BCUT2D eigenvalue weighted by Crippen LogP contribution is -2.12. The summed E-state index contributed by atoms with van der Waals surface area (Å²) < 4.78 is 0. The molecule has 1 heteroatoms. The predicted octanol–water partition coefficient (Wildman–Crippen LogP) is 5.98. The lowest BCUT2D eigenvalue weighted by molar-refractivity contribution is 0.766. The lowest BCUT2D eigenvalue weighted by Gasteiger charge is -2.10. The summed E-state index contributed by atoms with van der Waals surface area (Å²) in [4.78, 5) is 0. The fourth-order valence-electron chi connectivity index (χ4n) is 2.86. The molecule has 0 spiro atoms. The van der Waals surface area contributed by atoms with Crippen LogP contribution in [0.15, 0.2) is 96.7 Å². The molecular formula is C24H25N. The Labute approximate surface area is 151 Å². The summed E-state index contributed by atoms with van der Waals surface area (Å²) >= 11 is 0. The number of nitrogens with one attached hydrogen (secondary N) is 1. The van der Waals surface area contributed by atoms with Crippen LogP contribution in [0.25, 0.3) is 11.1 Å². The van der Waals surface area contributed by atoms with E-state index in [4.69, 9.17) is 0 Å². The van der Waals surface area contributed by atoms with Crippen molar-refractivity contribution in [1.82, 2.24) is 5.32 Å². The summed E-state index contributed by atoms with van der Waals surface area (Å²) in [7, 11) is 0. The molecule has 3 aromatic carbocycles. The zero-order valence-electron chi connectivity index (χ0n) is 14.8. The summed E-state index contributed by atoms with van der Waals surface area (Å²) in [6.07, 6.45) is 4.29. The van der Waals surface area contributed by atoms with E-state index >= 15 is 0 Å². The molecule has 3 rings (SSSR count). The first kappa shape index (κ1) is 17.0. The largest absolute Gasteiger partial charge is 0.385 e. The van der Waals surface area contributed by atoms with E-state index in [9.17, 15) is 0 Å². The van der Waals surface area contributed by atoms with E-state index in [2.05, 4.69) is 103 Å². The molecule has 0 aliphatic rings. The molecule has 0 saturated heterocycles. The maximum absolute atomic E-state index is 3.55. The van der Waals surface area contributed by atoms with E-state index in [-0.39, 0.29) is 0 Å².